The summed E-state index contributed by atoms with van der Waals surface area (Å²) in [7, 11) is 0. The van der Waals surface area contributed by atoms with Crippen LogP contribution in [0.3, 0.4) is 0 Å². The fourth-order valence-corrected chi connectivity index (χ4v) is 5.91. The zero-order chi connectivity index (χ0) is 20.5. The van der Waals surface area contributed by atoms with E-state index in [4.69, 9.17) is 0 Å². The molecule has 4 rings (SSSR count). The van der Waals surface area contributed by atoms with Gasteiger partial charge in [-0.3, -0.25) is 4.90 Å². The molecule has 1 aliphatic carbocycles. The Labute approximate surface area is 176 Å². The number of benzene rings is 2. The van der Waals surface area contributed by atoms with E-state index in [1.54, 1.807) is 0 Å². The topological polar surface area (TPSA) is 23.5 Å². The molecule has 1 saturated carbocycles. The van der Waals surface area contributed by atoms with Crippen LogP contribution in [0.25, 0.3) is 0 Å². The van der Waals surface area contributed by atoms with Gasteiger partial charge in [0.15, 0.2) is 0 Å². The molecule has 0 spiro atoms. The van der Waals surface area contributed by atoms with E-state index in [0.717, 1.165) is 24.2 Å². The summed E-state index contributed by atoms with van der Waals surface area (Å²) in [6.45, 7) is 9.21. The lowest BCUT2D eigenvalue weighted by Gasteiger charge is -2.39. The van der Waals surface area contributed by atoms with Crippen LogP contribution in [0.1, 0.15) is 57.6 Å². The van der Waals surface area contributed by atoms with Gasteiger partial charge in [0.05, 0.1) is 6.54 Å². The minimum Gasteiger partial charge on any atom is -0.379 e. The molecule has 0 aromatic heterocycles. The molecule has 1 heterocycles. The summed E-state index contributed by atoms with van der Waals surface area (Å²) in [6.07, 6.45) is 4.28. The standard InChI is InChI=1S/C27H33NO/c1-25(2)18-24-19-26(3,20-25)21-28(24)17-11-10-16-27(29,22-12-6-4-7-13-22)23-14-8-5-9-15-23/h4-9,12-15,24,29H,16-21H2,1-3H3. The maximum atomic E-state index is 11.6. The molecule has 1 N–H and O–H groups in total. The Kier molecular flexibility index (Phi) is 5.32. The first-order valence-corrected chi connectivity index (χ1v) is 10.8. The Balaban J connectivity index is 1.50. The number of hydrogen-bond donors (Lipinski definition) is 1. The summed E-state index contributed by atoms with van der Waals surface area (Å²) in [5.74, 6) is 6.72. The highest BCUT2D eigenvalue weighted by Gasteiger charge is 2.49. The molecular formula is C27H33NO. The van der Waals surface area contributed by atoms with Crippen LogP contribution in [0.5, 0.6) is 0 Å². The van der Waals surface area contributed by atoms with Gasteiger partial charge in [-0.15, -0.1) is 0 Å². The fourth-order valence-electron chi connectivity index (χ4n) is 5.91. The summed E-state index contributed by atoms with van der Waals surface area (Å²) < 4.78 is 0. The molecule has 29 heavy (non-hydrogen) atoms. The Morgan fingerprint density at radius 1 is 0.931 bits per heavy atom. The number of fused-ring (bicyclic) bond motifs is 2. The molecule has 2 aliphatic rings. The van der Waals surface area contributed by atoms with E-state index in [9.17, 15) is 5.11 Å². The molecule has 0 radical (unpaired) electrons. The van der Waals surface area contributed by atoms with E-state index in [0.29, 0.717) is 23.3 Å². The van der Waals surface area contributed by atoms with Crippen molar-refractivity contribution < 1.29 is 5.11 Å². The van der Waals surface area contributed by atoms with Gasteiger partial charge in [-0.05, 0) is 41.2 Å². The first-order valence-electron chi connectivity index (χ1n) is 10.8. The number of likely N-dealkylation sites (tertiary alicyclic amines) is 1. The zero-order valence-corrected chi connectivity index (χ0v) is 18.0. The lowest BCUT2D eigenvalue weighted by atomic mass is 9.65. The van der Waals surface area contributed by atoms with Gasteiger partial charge in [0.25, 0.3) is 0 Å². The average Bonchev–Trinajstić information content (AvgIpc) is 2.94. The van der Waals surface area contributed by atoms with Crippen molar-refractivity contribution in [1.82, 2.24) is 4.90 Å². The van der Waals surface area contributed by atoms with Crippen LogP contribution in [-0.2, 0) is 5.60 Å². The van der Waals surface area contributed by atoms with E-state index in [1.165, 1.54) is 19.3 Å². The van der Waals surface area contributed by atoms with Crippen molar-refractivity contribution >= 4 is 0 Å². The summed E-state index contributed by atoms with van der Waals surface area (Å²) in [6, 6.07) is 20.5. The van der Waals surface area contributed by atoms with Crippen LogP contribution in [0.4, 0.5) is 0 Å². The van der Waals surface area contributed by atoms with Crippen molar-refractivity contribution in [1.29, 1.82) is 0 Å². The Hall–Kier alpha value is -2.08. The molecule has 2 unspecified atom stereocenters. The highest BCUT2D eigenvalue weighted by molar-refractivity contribution is 5.37. The van der Waals surface area contributed by atoms with Crippen molar-refractivity contribution in [2.45, 2.75) is 58.1 Å². The van der Waals surface area contributed by atoms with E-state index in [1.807, 2.05) is 60.7 Å². The quantitative estimate of drug-likeness (QED) is 0.728. The summed E-state index contributed by atoms with van der Waals surface area (Å²) in [4.78, 5) is 2.58. The van der Waals surface area contributed by atoms with Crippen LogP contribution < -0.4 is 0 Å². The molecular weight excluding hydrogens is 354 g/mol. The smallest absolute Gasteiger partial charge is 0.125 e. The molecule has 0 amide bonds. The van der Waals surface area contributed by atoms with Gasteiger partial charge in [0.2, 0.25) is 0 Å². The third-order valence-electron chi connectivity index (χ3n) is 6.78. The van der Waals surface area contributed by atoms with Gasteiger partial charge in [-0.1, -0.05) is 93.3 Å². The molecule has 2 nitrogen and oxygen atoms in total. The monoisotopic (exact) mass is 387 g/mol. The van der Waals surface area contributed by atoms with E-state index < -0.39 is 5.60 Å². The molecule has 2 aromatic carbocycles. The van der Waals surface area contributed by atoms with Crippen molar-refractivity contribution in [2.24, 2.45) is 10.8 Å². The first-order chi connectivity index (χ1) is 13.8. The third kappa shape index (κ3) is 4.27. The second-order valence-corrected chi connectivity index (χ2v) is 10.2. The molecule has 152 valence electrons. The summed E-state index contributed by atoms with van der Waals surface area (Å²) in [5.41, 5.74) is 1.58. The van der Waals surface area contributed by atoms with E-state index >= 15 is 0 Å². The lowest BCUT2D eigenvalue weighted by Crippen LogP contribution is -2.34. The zero-order valence-electron chi connectivity index (χ0n) is 18.0. The molecule has 2 heteroatoms. The minimum atomic E-state index is -1.08. The average molecular weight is 388 g/mol. The highest BCUT2D eigenvalue weighted by Crippen LogP contribution is 2.52. The number of nitrogens with zero attached hydrogens (tertiary/aromatic N) is 1. The summed E-state index contributed by atoms with van der Waals surface area (Å²) in [5, 5.41) is 11.6. The summed E-state index contributed by atoms with van der Waals surface area (Å²) >= 11 is 0. The van der Waals surface area contributed by atoms with E-state index in [-0.39, 0.29) is 0 Å². The lowest BCUT2D eigenvalue weighted by molar-refractivity contribution is 0.0864. The SMILES string of the molecule is CC1(C)CC2CC(C)(CN2CC#CCC(O)(c2ccccc2)c2ccccc2)C1. The van der Waals surface area contributed by atoms with Gasteiger partial charge >= 0.3 is 0 Å². The number of hydrogen-bond acceptors (Lipinski definition) is 2. The Morgan fingerprint density at radius 2 is 1.52 bits per heavy atom. The second kappa shape index (κ2) is 7.63. The molecule has 1 aliphatic heterocycles. The van der Waals surface area contributed by atoms with Gasteiger partial charge in [-0.25, -0.2) is 0 Å². The normalized spacial score (nSPS) is 26.0. The predicted octanol–water partition coefficient (Wildman–Crippen LogP) is 5.22. The van der Waals surface area contributed by atoms with Gasteiger partial charge < -0.3 is 5.11 Å². The van der Waals surface area contributed by atoms with Crippen LogP contribution in [0, 0.1) is 22.7 Å². The predicted molar refractivity (Wildman–Crippen MR) is 119 cm³/mol. The van der Waals surface area contributed by atoms with Crippen LogP contribution in [0.2, 0.25) is 0 Å². The van der Waals surface area contributed by atoms with Crippen molar-refractivity contribution in [3.63, 3.8) is 0 Å². The number of aliphatic hydroxyl groups is 1. The maximum Gasteiger partial charge on any atom is 0.125 e. The fraction of sp³-hybridized carbons (Fsp3) is 0.481. The van der Waals surface area contributed by atoms with Crippen LogP contribution in [0.15, 0.2) is 60.7 Å². The number of rotatable bonds is 4. The molecule has 2 atom stereocenters. The largest absolute Gasteiger partial charge is 0.379 e. The first kappa shape index (κ1) is 20.2. The molecule has 2 aromatic rings. The molecule has 2 fully saturated rings. The van der Waals surface area contributed by atoms with Crippen molar-refractivity contribution in [3.8, 4) is 11.8 Å². The molecule has 2 bridgehead atoms. The second-order valence-electron chi connectivity index (χ2n) is 10.2. The van der Waals surface area contributed by atoms with E-state index in [2.05, 4.69) is 37.5 Å². The maximum absolute atomic E-state index is 11.6. The van der Waals surface area contributed by atoms with Gasteiger partial charge in [0.1, 0.15) is 5.60 Å². The minimum absolute atomic E-state index is 0.405. The Morgan fingerprint density at radius 3 is 2.10 bits per heavy atom. The van der Waals surface area contributed by atoms with Gasteiger partial charge in [0, 0.05) is 19.0 Å². The van der Waals surface area contributed by atoms with Crippen LogP contribution >= 0.6 is 0 Å². The van der Waals surface area contributed by atoms with Crippen LogP contribution in [-0.4, -0.2) is 29.1 Å². The molecule has 1 saturated heterocycles. The van der Waals surface area contributed by atoms with Gasteiger partial charge in [-0.2, -0.15) is 0 Å². The highest BCUT2D eigenvalue weighted by atomic mass is 16.3. The van der Waals surface area contributed by atoms with Crippen molar-refractivity contribution in [2.75, 3.05) is 13.1 Å². The van der Waals surface area contributed by atoms with Crippen molar-refractivity contribution in [3.05, 3.63) is 71.8 Å². The Bertz CT molecular complexity index is 853. The third-order valence-corrected chi connectivity index (χ3v) is 6.78.